The van der Waals surface area contributed by atoms with Crippen molar-refractivity contribution in [3.8, 4) is 5.88 Å². The summed E-state index contributed by atoms with van der Waals surface area (Å²) in [5, 5.41) is 0. The van der Waals surface area contributed by atoms with E-state index in [2.05, 4.69) is 14.9 Å². The fraction of sp³-hybridized carbons (Fsp3) is 0.389. The fourth-order valence-electron chi connectivity index (χ4n) is 2.93. The number of rotatable bonds is 5. The van der Waals surface area contributed by atoms with E-state index in [1.165, 1.54) is 12.1 Å². The zero-order valence-corrected chi connectivity index (χ0v) is 13.6. The Labute approximate surface area is 140 Å². The van der Waals surface area contributed by atoms with Crippen molar-refractivity contribution in [3.63, 3.8) is 0 Å². The van der Waals surface area contributed by atoms with Gasteiger partial charge in [0.15, 0.2) is 11.6 Å². The predicted octanol–water partition coefficient (Wildman–Crippen LogP) is 3.11. The van der Waals surface area contributed by atoms with E-state index in [9.17, 15) is 9.18 Å². The zero-order valence-electron chi connectivity index (χ0n) is 13.6. The van der Waals surface area contributed by atoms with Crippen LogP contribution < -0.4 is 9.64 Å². The maximum atomic E-state index is 13.0. The summed E-state index contributed by atoms with van der Waals surface area (Å²) in [6, 6.07) is 5.77. The van der Waals surface area contributed by atoms with Gasteiger partial charge in [-0.15, -0.1) is 0 Å². The van der Waals surface area contributed by atoms with E-state index in [-0.39, 0.29) is 17.5 Å². The molecule has 0 amide bonds. The minimum absolute atomic E-state index is 0.0326. The summed E-state index contributed by atoms with van der Waals surface area (Å²) in [5.41, 5.74) is 0.577. The Bertz CT molecular complexity index is 698. The molecule has 1 saturated heterocycles. The van der Waals surface area contributed by atoms with Gasteiger partial charge in [-0.05, 0) is 44.0 Å². The highest BCUT2D eigenvalue weighted by Gasteiger charge is 2.26. The molecule has 1 aromatic heterocycles. The predicted molar refractivity (Wildman–Crippen MR) is 88.9 cm³/mol. The monoisotopic (exact) mass is 329 g/mol. The summed E-state index contributed by atoms with van der Waals surface area (Å²) in [7, 11) is 0. The Morgan fingerprint density at radius 1 is 1.25 bits per heavy atom. The Morgan fingerprint density at radius 3 is 2.62 bits per heavy atom. The van der Waals surface area contributed by atoms with Crippen LogP contribution in [0.4, 0.5) is 10.2 Å². The molecule has 0 radical (unpaired) electrons. The largest absolute Gasteiger partial charge is 0.477 e. The highest BCUT2D eigenvalue weighted by molar-refractivity contribution is 5.97. The van der Waals surface area contributed by atoms with Crippen molar-refractivity contribution in [3.05, 3.63) is 48.0 Å². The van der Waals surface area contributed by atoms with Crippen molar-refractivity contribution in [1.29, 1.82) is 0 Å². The Balaban J connectivity index is 1.62. The highest BCUT2D eigenvalue weighted by atomic mass is 19.1. The van der Waals surface area contributed by atoms with Crippen molar-refractivity contribution in [1.82, 2.24) is 9.97 Å². The molecule has 1 aromatic carbocycles. The number of piperidine rings is 1. The number of hydrogen-bond acceptors (Lipinski definition) is 5. The van der Waals surface area contributed by atoms with E-state index in [1.54, 1.807) is 24.5 Å². The van der Waals surface area contributed by atoms with Gasteiger partial charge in [-0.25, -0.2) is 4.39 Å². The summed E-state index contributed by atoms with van der Waals surface area (Å²) in [6.45, 7) is 3.93. The topological polar surface area (TPSA) is 55.3 Å². The second kappa shape index (κ2) is 7.38. The van der Waals surface area contributed by atoms with Gasteiger partial charge >= 0.3 is 0 Å². The van der Waals surface area contributed by atoms with Crippen LogP contribution in [0.5, 0.6) is 5.88 Å². The van der Waals surface area contributed by atoms with Crippen LogP contribution in [0, 0.1) is 11.7 Å². The normalized spacial score (nSPS) is 15.3. The van der Waals surface area contributed by atoms with Gasteiger partial charge in [0, 0.05) is 24.6 Å². The third kappa shape index (κ3) is 3.69. The molecule has 0 bridgehead atoms. The van der Waals surface area contributed by atoms with Crippen LogP contribution >= 0.6 is 0 Å². The van der Waals surface area contributed by atoms with E-state index in [4.69, 9.17) is 4.74 Å². The first-order valence-corrected chi connectivity index (χ1v) is 8.17. The van der Waals surface area contributed by atoms with Gasteiger partial charge in [-0.3, -0.25) is 9.78 Å². The van der Waals surface area contributed by atoms with Crippen LogP contribution in [0.25, 0.3) is 0 Å². The SMILES string of the molecule is CCOc1cncc(N2CCC(C(=O)c3ccc(F)cc3)CC2)n1. The number of ether oxygens (including phenoxy) is 1. The van der Waals surface area contributed by atoms with Gasteiger partial charge in [0.1, 0.15) is 5.82 Å². The van der Waals surface area contributed by atoms with E-state index in [0.29, 0.717) is 18.1 Å². The molecule has 5 nitrogen and oxygen atoms in total. The molecular weight excluding hydrogens is 309 g/mol. The molecule has 0 atom stereocenters. The van der Waals surface area contributed by atoms with Gasteiger partial charge in [0.2, 0.25) is 5.88 Å². The number of aromatic nitrogens is 2. The first kappa shape index (κ1) is 16.4. The number of ketones is 1. The second-order valence-electron chi connectivity index (χ2n) is 5.78. The summed E-state index contributed by atoms with van der Waals surface area (Å²) in [6.07, 6.45) is 4.80. The number of hydrogen-bond donors (Lipinski definition) is 0. The lowest BCUT2D eigenvalue weighted by atomic mass is 9.89. The molecule has 1 fully saturated rings. The smallest absolute Gasteiger partial charge is 0.234 e. The molecule has 0 unspecified atom stereocenters. The van der Waals surface area contributed by atoms with Crippen molar-refractivity contribution in [2.24, 2.45) is 5.92 Å². The first-order chi connectivity index (χ1) is 11.7. The van der Waals surface area contributed by atoms with Crippen LogP contribution in [0.2, 0.25) is 0 Å². The molecule has 0 aliphatic carbocycles. The van der Waals surface area contributed by atoms with Gasteiger partial charge < -0.3 is 9.64 Å². The summed E-state index contributed by atoms with van der Waals surface area (Å²) < 4.78 is 18.4. The molecule has 0 spiro atoms. The first-order valence-electron chi connectivity index (χ1n) is 8.17. The average Bonchev–Trinajstić information content (AvgIpc) is 2.62. The average molecular weight is 329 g/mol. The second-order valence-corrected chi connectivity index (χ2v) is 5.78. The third-order valence-corrected chi connectivity index (χ3v) is 4.21. The molecule has 0 saturated carbocycles. The van der Waals surface area contributed by atoms with E-state index in [0.717, 1.165) is 31.7 Å². The molecule has 24 heavy (non-hydrogen) atoms. The van der Waals surface area contributed by atoms with E-state index >= 15 is 0 Å². The van der Waals surface area contributed by atoms with Crippen molar-refractivity contribution in [2.75, 3.05) is 24.6 Å². The molecule has 1 aliphatic rings. The molecule has 2 aromatic rings. The van der Waals surface area contributed by atoms with Gasteiger partial charge in [-0.2, -0.15) is 4.98 Å². The van der Waals surface area contributed by atoms with E-state index in [1.807, 2.05) is 6.92 Å². The molecule has 2 heterocycles. The molecule has 3 rings (SSSR count). The quantitative estimate of drug-likeness (QED) is 0.789. The van der Waals surface area contributed by atoms with Crippen LogP contribution in [0.3, 0.4) is 0 Å². The van der Waals surface area contributed by atoms with Crippen molar-refractivity contribution >= 4 is 11.6 Å². The maximum Gasteiger partial charge on any atom is 0.234 e. The molecule has 126 valence electrons. The summed E-state index contributed by atoms with van der Waals surface area (Å²) in [5.74, 6) is 1.01. The lowest BCUT2D eigenvalue weighted by Gasteiger charge is -2.32. The number of halogens is 1. The minimum atomic E-state index is -0.325. The lowest BCUT2D eigenvalue weighted by molar-refractivity contribution is 0.0900. The van der Waals surface area contributed by atoms with Crippen molar-refractivity contribution in [2.45, 2.75) is 19.8 Å². The van der Waals surface area contributed by atoms with Crippen molar-refractivity contribution < 1.29 is 13.9 Å². The number of nitrogens with zero attached hydrogens (tertiary/aromatic N) is 3. The van der Waals surface area contributed by atoms with Crippen LogP contribution in [0.15, 0.2) is 36.7 Å². The Morgan fingerprint density at radius 2 is 1.96 bits per heavy atom. The Hall–Kier alpha value is -2.50. The van der Waals surface area contributed by atoms with Gasteiger partial charge in [0.25, 0.3) is 0 Å². The standard InChI is InChI=1S/C18H20FN3O2/c1-2-24-17-12-20-11-16(21-17)22-9-7-14(8-10-22)18(23)13-3-5-15(19)6-4-13/h3-6,11-12,14H,2,7-10H2,1H3. The number of carbonyl (C=O) groups excluding carboxylic acids is 1. The number of Topliss-reactive ketones (excluding diaryl/α,β-unsaturated/α-hetero) is 1. The minimum Gasteiger partial charge on any atom is -0.477 e. The summed E-state index contributed by atoms with van der Waals surface area (Å²) >= 11 is 0. The number of benzene rings is 1. The number of anilines is 1. The highest BCUT2D eigenvalue weighted by Crippen LogP contribution is 2.25. The third-order valence-electron chi connectivity index (χ3n) is 4.21. The van der Waals surface area contributed by atoms with Crippen LogP contribution in [-0.2, 0) is 0 Å². The van der Waals surface area contributed by atoms with E-state index < -0.39 is 0 Å². The van der Waals surface area contributed by atoms with Gasteiger partial charge in [-0.1, -0.05) is 0 Å². The molecule has 0 N–H and O–H groups in total. The fourth-order valence-corrected chi connectivity index (χ4v) is 2.93. The van der Waals surface area contributed by atoms with Crippen LogP contribution in [0.1, 0.15) is 30.1 Å². The van der Waals surface area contributed by atoms with Gasteiger partial charge in [0.05, 0.1) is 19.0 Å². The molecular formula is C18H20FN3O2. The molecule has 6 heteroatoms. The lowest BCUT2D eigenvalue weighted by Crippen LogP contribution is -2.37. The zero-order chi connectivity index (χ0) is 16.9. The summed E-state index contributed by atoms with van der Waals surface area (Å²) in [4.78, 5) is 23.2. The molecule has 1 aliphatic heterocycles. The van der Waals surface area contributed by atoms with Crippen LogP contribution in [-0.4, -0.2) is 35.4 Å². The Kier molecular flexibility index (Phi) is 5.03. The number of carbonyl (C=O) groups is 1. The maximum absolute atomic E-state index is 13.0.